The van der Waals surface area contributed by atoms with Crippen molar-refractivity contribution in [2.24, 2.45) is 5.92 Å². The van der Waals surface area contributed by atoms with E-state index in [0.717, 1.165) is 17.8 Å². The second-order valence-corrected chi connectivity index (χ2v) is 7.68. The average Bonchev–Trinajstić information content (AvgIpc) is 3.46. The van der Waals surface area contributed by atoms with Crippen LogP contribution >= 0.6 is 0 Å². The third-order valence-electron chi connectivity index (χ3n) is 5.58. The molecule has 1 aromatic carbocycles. The van der Waals surface area contributed by atoms with Crippen molar-refractivity contribution < 1.29 is 4.39 Å². The van der Waals surface area contributed by atoms with E-state index in [2.05, 4.69) is 15.4 Å². The lowest BCUT2D eigenvalue weighted by molar-refractivity contribution is 0.421. The van der Waals surface area contributed by atoms with Gasteiger partial charge in [-0.1, -0.05) is 18.1 Å². The summed E-state index contributed by atoms with van der Waals surface area (Å²) in [6, 6.07) is 7.79. The maximum atomic E-state index is 13.2. The van der Waals surface area contributed by atoms with Crippen molar-refractivity contribution in [3.8, 4) is 11.3 Å². The lowest BCUT2D eigenvalue weighted by Crippen LogP contribution is -2.22. The molecular formula is C21H21FN6O. The first-order chi connectivity index (χ1) is 14.2. The summed E-state index contributed by atoms with van der Waals surface area (Å²) in [5.41, 5.74) is 2.45. The highest BCUT2D eigenvalue weighted by Gasteiger charge is 2.16. The van der Waals surface area contributed by atoms with E-state index in [4.69, 9.17) is 0 Å². The van der Waals surface area contributed by atoms with Crippen LogP contribution in [0.5, 0.6) is 0 Å². The summed E-state index contributed by atoms with van der Waals surface area (Å²) in [5.74, 6) is 0.376. The Bertz CT molecular complexity index is 1200. The van der Waals surface area contributed by atoms with Crippen molar-refractivity contribution in [3.05, 3.63) is 70.8 Å². The molecule has 0 aliphatic heterocycles. The number of halogens is 1. The molecule has 7 nitrogen and oxygen atoms in total. The first kappa shape index (κ1) is 17.8. The van der Waals surface area contributed by atoms with Gasteiger partial charge in [0.2, 0.25) is 0 Å². The van der Waals surface area contributed by atoms with Gasteiger partial charge in [0.05, 0.1) is 18.4 Å². The van der Waals surface area contributed by atoms with Gasteiger partial charge in [0.1, 0.15) is 17.0 Å². The highest BCUT2D eigenvalue weighted by Crippen LogP contribution is 2.25. The standard InChI is InChI=1S/C21H21FN6O/c22-17-7-5-16(6-8-17)19-11-20-21(29)26(9-10-28(20)24-19)13-18-14-27(25-23-18)12-15-3-1-2-4-15/h5-11,14-15H,1-4,12-13H2. The third-order valence-corrected chi connectivity index (χ3v) is 5.58. The van der Waals surface area contributed by atoms with Gasteiger partial charge in [-0.25, -0.2) is 8.91 Å². The number of aromatic nitrogens is 6. The van der Waals surface area contributed by atoms with E-state index in [1.165, 1.54) is 37.8 Å². The molecule has 5 rings (SSSR count). The van der Waals surface area contributed by atoms with Crippen LogP contribution in [0.3, 0.4) is 0 Å². The topological polar surface area (TPSA) is 70.0 Å². The molecule has 148 valence electrons. The summed E-state index contributed by atoms with van der Waals surface area (Å²) in [5, 5.41) is 12.9. The van der Waals surface area contributed by atoms with Gasteiger partial charge in [0.25, 0.3) is 5.56 Å². The minimum Gasteiger partial charge on any atom is -0.306 e. The molecule has 0 spiro atoms. The van der Waals surface area contributed by atoms with Gasteiger partial charge in [-0.2, -0.15) is 5.10 Å². The molecule has 0 N–H and O–H groups in total. The van der Waals surface area contributed by atoms with Gasteiger partial charge in [0, 0.05) is 24.5 Å². The predicted octanol–water partition coefficient (Wildman–Crippen LogP) is 3.13. The largest absolute Gasteiger partial charge is 0.306 e. The van der Waals surface area contributed by atoms with Crippen molar-refractivity contribution >= 4 is 5.52 Å². The molecule has 29 heavy (non-hydrogen) atoms. The SMILES string of the molecule is O=c1c2cc(-c3ccc(F)cc3)nn2ccn1Cc1cn(CC2CCCC2)nn1. The zero-order valence-electron chi connectivity index (χ0n) is 15.9. The monoisotopic (exact) mass is 392 g/mol. The number of benzene rings is 1. The zero-order valence-corrected chi connectivity index (χ0v) is 15.9. The van der Waals surface area contributed by atoms with Crippen LogP contribution in [0.2, 0.25) is 0 Å². The van der Waals surface area contributed by atoms with Gasteiger partial charge in [0.15, 0.2) is 0 Å². The van der Waals surface area contributed by atoms with Gasteiger partial charge in [-0.05, 0) is 49.1 Å². The summed E-state index contributed by atoms with van der Waals surface area (Å²) >= 11 is 0. The van der Waals surface area contributed by atoms with Crippen molar-refractivity contribution in [2.75, 3.05) is 0 Å². The van der Waals surface area contributed by atoms with Crippen molar-refractivity contribution in [1.82, 2.24) is 29.2 Å². The van der Waals surface area contributed by atoms with Crippen molar-refractivity contribution in [2.45, 2.75) is 38.8 Å². The lowest BCUT2D eigenvalue weighted by Gasteiger charge is -2.07. The summed E-state index contributed by atoms with van der Waals surface area (Å²) in [6.45, 7) is 1.25. The zero-order chi connectivity index (χ0) is 19.8. The van der Waals surface area contributed by atoms with Crippen LogP contribution < -0.4 is 5.56 Å². The Labute approximate surface area is 166 Å². The molecule has 0 unspecified atom stereocenters. The van der Waals surface area contributed by atoms with Crippen LogP contribution in [-0.4, -0.2) is 29.2 Å². The maximum absolute atomic E-state index is 13.2. The number of fused-ring (bicyclic) bond motifs is 1. The molecular weight excluding hydrogens is 371 g/mol. The van der Waals surface area contributed by atoms with Crippen molar-refractivity contribution in [3.63, 3.8) is 0 Å². The van der Waals surface area contributed by atoms with Crippen molar-refractivity contribution in [1.29, 1.82) is 0 Å². The number of hydrogen-bond acceptors (Lipinski definition) is 4. The fourth-order valence-electron chi connectivity index (χ4n) is 4.04. The Morgan fingerprint density at radius 2 is 1.90 bits per heavy atom. The van der Waals surface area contributed by atoms with Crippen LogP contribution in [0, 0.1) is 11.7 Å². The number of nitrogens with zero attached hydrogens (tertiary/aromatic N) is 6. The van der Waals surface area contributed by atoms with E-state index in [9.17, 15) is 9.18 Å². The van der Waals surface area contributed by atoms with Crippen LogP contribution in [0.4, 0.5) is 4.39 Å². The summed E-state index contributed by atoms with van der Waals surface area (Å²) in [6.07, 6.45) is 10.5. The summed E-state index contributed by atoms with van der Waals surface area (Å²) in [4.78, 5) is 12.9. The van der Waals surface area contributed by atoms with Gasteiger partial charge >= 0.3 is 0 Å². The first-order valence-electron chi connectivity index (χ1n) is 9.89. The Morgan fingerprint density at radius 3 is 2.69 bits per heavy atom. The second kappa shape index (κ2) is 7.27. The third kappa shape index (κ3) is 3.57. The quantitative estimate of drug-likeness (QED) is 0.523. The molecule has 0 saturated heterocycles. The molecule has 3 aromatic heterocycles. The Hall–Kier alpha value is -3.29. The molecule has 0 amide bonds. The van der Waals surface area contributed by atoms with Gasteiger partial charge < -0.3 is 4.57 Å². The van der Waals surface area contributed by atoms with E-state index in [1.54, 1.807) is 39.7 Å². The fraction of sp³-hybridized carbons (Fsp3) is 0.333. The Balaban J connectivity index is 1.39. The molecule has 1 aliphatic carbocycles. The summed E-state index contributed by atoms with van der Waals surface area (Å²) in [7, 11) is 0. The maximum Gasteiger partial charge on any atom is 0.276 e. The van der Waals surface area contributed by atoms with Gasteiger partial charge in [-0.15, -0.1) is 5.10 Å². The average molecular weight is 392 g/mol. The van der Waals surface area contributed by atoms with Crippen LogP contribution in [-0.2, 0) is 13.1 Å². The number of rotatable bonds is 5. The van der Waals surface area contributed by atoms with Crippen LogP contribution in [0.15, 0.2) is 53.7 Å². The van der Waals surface area contributed by atoms with Crippen LogP contribution in [0.25, 0.3) is 16.8 Å². The Morgan fingerprint density at radius 1 is 1.10 bits per heavy atom. The molecule has 0 radical (unpaired) electrons. The number of hydrogen-bond donors (Lipinski definition) is 0. The van der Waals surface area contributed by atoms with Gasteiger partial charge in [-0.3, -0.25) is 9.48 Å². The molecule has 1 aliphatic rings. The Kier molecular flexibility index (Phi) is 4.46. The second-order valence-electron chi connectivity index (χ2n) is 7.68. The minimum atomic E-state index is -0.305. The van der Waals surface area contributed by atoms with E-state index in [1.807, 2.05) is 10.9 Å². The summed E-state index contributed by atoms with van der Waals surface area (Å²) < 4.78 is 18.2. The molecule has 8 heteroatoms. The molecule has 4 aromatic rings. The highest BCUT2D eigenvalue weighted by molar-refractivity contribution is 5.65. The smallest absolute Gasteiger partial charge is 0.276 e. The predicted molar refractivity (Wildman–Crippen MR) is 106 cm³/mol. The normalized spacial score (nSPS) is 14.8. The molecule has 0 bridgehead atoms. The fourth-order valence-corrected chi connectivity index (χ4v) is 4.04. The van der Waals surface area contributed by atoms with Crippen LogP contribution in [0.1, 0.15) is 31.4 Å². The molecule has 0 atom stereocenters. The van der Waals surface area contributed by atoms with E-state index in [-0.39, 0.29) is 11.4 Å². The lowest BCUT2D eigenvalue weighted by atomic mass is 10.1. The highest BCUT2D eigenvalue weighted by atomic mass is 19.1. The first-order valence-corrected chi connectivity index (χ1v) is 9.89. The van der Waals surface area contributed by atoms with E-state index >= 15 is 0 Å². The molecule has 1 saturated carbocycles. The van der Waals surface area contributed by atoms with E-state index < -0.39 is 0 Å². The van der Waals surface area contributed by atoms with E-state index in [0.29, 0.717) is 23.7 Å². The molecule has 1 fully saturated rings. The molecule has 3 heterocycles. The minimum absolute atomic E-state index is 0.154.